The Morgan fingerprint density at radius 3 is 2.42 bits per heavy atom. The van der Waals surface area contributed by atoms with E-state index in [1.807, 2.05) is 6.92 Å². The summed E-state index contributed by atoms with van der Waals surface area (Å²) >= 11 is 0. The van der Waals surface area contributed by atoms with E-state index in [9.17, 15) is 9.59 Å². The Bertz CT molecular complexity index is 424. The maximum Gasteiger partial charge on any atom is 0.335 e. The normalized spacial score (nSPS) is 11.9. The zero-order valence-corrected chi connectivity index (χ0v) is 10.8. The summed E-state index contributed by atoms with van der Waals surface area (Å²) in [5, 5.41) is 17.4. The molecule has 0 unspecified atom stereocenters. The van der Waals surface area contributed by atoms with E-state index in [1.54, 1.807) is 0 Å². The largest absolute Gasteiger partial charge is 0.478 e. The average Bonchev–Trinajstić information content (AvgIpc) is 2.36. The predicted octanol–water partition coefficient (Wildman–Crippen LogP) is 2.09. The quantitative estimate of drug-likeness (QED) is 0.583. The summed E-state index contributed by atoms with van der Waals surface area (Å²) < 4.78 is 5.11. The lowest BCUT2D eigenvalue weighted by Gasteiger charge is -2.10. The Labute approximate surface area is 111 Å². The summed E-state index contributed by atoms with van der Waals surface area (Å²) in [6.07, 6.45) is 1.71. The highest BCUT2D eigenvalue weighted by Gasteiger charge is 2.11. The lowest BCUT2D eigenvalue weighted by atomic mass is 10.0. The molecule has 0 amide bonds. The molecule has 19 heavy (non-hydrogen) atoms. The van der Waals surface area contributed by atoms with Gasteiger partial charge in [0.2, 0.25) is 0 Å². The van der Waals surface area contributed by atoms with Crippen molar-refractivity contribution in [3.8, 4) is 5.75 Å². The first-order chi connectivity index (χ1) is 9.02. The van der Waals surface area contributed by atoms with Crippen molar-refractivity contribution in [3.05, 3.63) is 29.8 Å². The predicted molar refractivity (Wildman–Crippen MR) is 69.1 cm³/mol. The highest BCUT2D eigenvalue weighted by Crippen LogP contribution is 2.16. The lowest BCUT2D eigenvalue weighted by molar-refractivity contribution is -0.135. The van der Waals surface area contributed by atoms with Gasteiger partial charge >= 0.3 is 11.9 Å². The van der Waals surface area contributed by atoms with Crippen LogP contribution >= 0.6 is 0 Å². The first kappa shape index (κ1) is 15.2. The molecule has 5 heteroatoms. The van der Waals surface area contributed by atoms with Crippen molar-refractivity contribution in [2.75, 3.05) is 6.61 Å². The van der Waals surface area contributed by atoms with E-state index in [0.717, 1.165) is 6.42 Å². The number of rotatable bonds is 7. The van der Waals surface area contributed by atoms with Crippen molar-refractivity contribution in [2.45, 2.75) is 26.2 Å². The Balaban J connectivity index is 2.45. The molecule has 104 valence electrons. The number of carboxylic acids is 1. The van der Waals surface area contributed by atoms with Crippen LogP contribution in [0.4, 0.5) is 0 Å². The van der Waals surface area contributed by atoms with Crippen molar-refractivity contribution >= 4 is 11.9 Å². The Hall–Kier alpha value is -1.88. The molecular weight excluding hydrogens is 248 g/mol. The molecule has 0 aromatic heterocycles. The zero-order chi connectivity index (χ0) is 14.3. The number of aliphatic hydroxyl groups is 1. The van der Waals surface area contributed by atoms with Crippen LogP contribution in [0.3, 0.4) is 0 Å². The molecular formula is C14H18O5. The van der Waals surface area contributed by atoms with Crippen LogP contribution in [0.1, 0.15) is 36.5 Å². The molecule has 1 aromatic rings. The summed E-state index contributed by atoms with van der Waals surface area (Å²) in [4.78, 5) is 22.3. The molecule has 0 fully saturated rings. The van der Waals surface area contributed by atoms with Crippen molar-refractivity contribution in [2.24, 2.45) is 5.92 Å². The van der Waals surface area contributed by atoms with Gasteiger partial charge in [0.05, 0.1) is 5.56 Å². The maximum atomic E-state index is 11.6. The van der Waals surface area contributed by atoms with E-state index in [-0.39, 0.29) is 30.5 Å². The molecule has 0 saturated carbocycles. The summed E-state index contributed by atoms with van der Waals surface area (Å²) in [5.41, 5.74) is 0.149. The van der Waals surface area contributed by atoms with Crippen LogP contribution in [0.5, 0.6) is 5.75 Å². The standard InChI is InChI=1S/C14H18O5/c1-10(3-2-8-15)9-13(16)19-12-6-4-11(5-7-12)14(17)18/h4-7,10,15H,2-3,8-9H2,1H3,(H,17,18)/t10-/m1/s1. The van der Waals surface area contributed by atoms with Crippen molar-refractivity contribution in [3.63, 3.8) is 0 Å². The van der Waals surface area contributed by atoms with Gasteiger partial charge in [-0.05, 0) is 43.0 Å². The van der Waals surface area contributed by atoms with Gasteiger partial charge in [0, 0.05) is 13.0 Å². The second-order valence-electron chi connectivity index (χ2n) is 4.48. The third-order valence-electron chi connectivity index (χ3n) is 2.70. The molecule has 0 spiro atoms. The molecule has 1 rings (SSSR count). The van der Waals surface area contributed by atoms with Crippen molar-refractivity contribution in [1.29, 1.82) is 0 Å². The van der Waals surface area contributed by atoms with Gasteiger partial charge in [-0.2, -0.15) is 0 Å². The van der Waals surface area contributed by atoms with Crippen LogP contribution in [0.15, 0.2) is 24.3 Å². The molecule has 0 aliphatic heterocycles. The minimum absolute atomic E-state index is 0.121. The zero-order valence-electron chi connectivity index (χ0n) is 10.8. The van der Waals surface area contributed by atoms with E-state index in [2.05, 4.69) is 0 Å². The molecule has 0 aliphatic carbocycles. The van der Waals surface area contributed by atoms with Gasteiger partial charge in [-0.3, -0.25) is 4.79 Å². The molecule has 1 aromatic carbocycles. The number of hydrogen-bond donors (Lipinski definition) is 2. The van der Waals surface area contributed by atoms with Crippen LogP contribution in [-0.4, -0.2) is 28.8 Å². The van der Waals surface area contributed by atoms with Crippen LogP contribution in [0.2, 0.25) is 0 Å². The van der Waals surface area contributed by atoms with E-state index in [4.69, 9.17) is 14.9 Å². The number of aliphatic hydroxyl groups excluding tert-OH is 1. The number of esters is 1. The van der Waals surface area contributed by atoms with Crippen molar-refractivity contribution in [1.82, 2.24) is 0 Å². The Morgan fingerprint density at radius 1 is 1.26 bits per heavy atom. The highest BCUT2D eigenvalue weighted by molar-refractivity contribution is 5.87. The SMILES string of the molecule is C[C@H](CCCO)CC(=O)Oc1ccc(C(=O)O)cc1. The monoisotopic (exact) mass is 266 g/mol. The smallest absolute Gasteiger partial charge is 0.335 e. The van der Waals surface area contributed by atoms with Crippen LogP contribution in [-0.2, 0) is 4.79 Å². The lowest BCUT2D eigenvalue weighted by Crippen LogP contribution is -2.12. The van der Waals surface area contributed by atoms with Gasteiger partial charge in [0.25, 0.3) is 0 Å². The number of aromatic carboxylic acids is 1. The van der Waals surface area contributed by atoms with Crippen LogP contribution < -0.4 is 4.74 Å². The highest BCUT2D eigenvalue weighted by atomic mass is 16.5. The summed E-state index contributed by atoms with van der Waals surface area (Å²) in [6.45, 7) is 2.04. The fourth-order valence-corrected chi connectivity index (χ4v) is 1.66. The fraction of sp³-hybridized carbons (Fsp3) is 0.429. The molecule has 0 bridgehead atoms. The molecule has 2 N–H and O–H groups in total. The van der Waals surface area contributed by atoms with Crippen LogP contribution in [0.25, 0.3) is 0 Å². The van der Waals surface area contributed by atoms with Gasteiger partial charge in [0.15, 0.2) is 0 Å². The molecule has 0 aliphatic rings. The second kappa shape index (κ2) is 7.53. The maximum absolute atomic E-state index is 11.6. The summed E-state index contributed by atoms with van der Waals surface area (Å²) in [7, 11) is 0. The molecule has 0 saturated heterocycles. The van der Waals surface area contributed by atoms with E-state index >= 15 is 0 Å². The minimum Gasteiger partial charge on any atom is -0.478 e. The summed E-state index contributed by atoms with van der Waals surface area (Å²) in [6, 6.07) is 5.69. The fourth-order valence-electron chi connectivity index (χ4n) is 1.66. The molecule has 0 radical (unpaired) electrons. The van der Waals surface area contributed by atoms with Gasteiger partial charge in [-0.15, -0.1) is 0 Å². The van der Waals surface area contributed by atoms with E-state index in [1.165, 1.54) is 24.3 Å². The average molecular weight is 266 g/mol. The van der Waals surface area contributed by atoms with E-state index in [0.29, 0.717) is 12.2 Å². The van der Waals surface area contributed by atoms with Crippen LogP contribution in [0, 0.1) is 5.92 Å². The Kier molecular flexibility index (Phi) is 6.02. The number of carboxylic acid groups (broad SMARTS) is 1. The topological polar surface area (TPSA) is 83.8 Å². The van der Waals surface area contributed by atoms with Gasteiger partial charge in [0.1, 0.15) is 5.75 Å². The Morgan fingerprint density at radius 2 is 1.89 bits per heavy atom. The van der Waals surface area contributed by atoms with Gasteiger partial charge < -0.3 is 14.9 Å². The number of carbonyl (C=O) groups excluding carboxylic acids is 1. The first-order valence-electron chi connectivity index (χ1n) is 6.18. The molecule has 5 nitrogen and oxygen atoms in total. The van der Waals surface area contributed by atoms with E-state index < -0.39 is 5.97 Å². The van der Waals surface area contributed by atoms with Gasteiger partial charge in [-0.1, -0.05) is 6.92 Å². The number of benzene rings is 1. The molecule has 1 atom stereocenters. The van der Waals surface area contributed by atoms with Crippen molar-refractivity contribution < 1.29 is 24.5 Å². The number of ether oxygens (including phenoxy) is 1. The number of carbonyl (C=O) groups is 2. The third-order valence-corrected chi connectivity index (χ3v) is 2.70. The first-order valence-corrected chi connectivity index (χ1v) is 6.18. The molecule has 0 heterocycles. The second-order valence-corrected chi connectivity index (χ2v) is 4.48. The summed E-state index contributed by atoms with van der Waals surface area (Å²) in [5.74, 6) is -0.883. The minimum atomic E-state index is -1.02. The van der Waals surface area contributed by atoms with Gasteiger partial charge in [-0.25, -0.2) is 4.79 Å². The number of hydrogen-bond acceptors (Lipinski definition) is 4. The third kappa shape index (κ3) is 5.52.